The molecule has 1 aromatic rings. The number of nitrogens with zero attached hydrogens (tertiary/aromatic N) is 6. The van der Waals surface area contributed by atoms with Gasteiger partial charge in [0.2, 0.25) is 5.91 Å². The lowest BCUT2D eigenvalue weighted by atomic mass is 10.1. The molecule has 25 heavy (non-hydrogen) atoms. The Morgan fingerprint density at radius 3 is 2.40 bits per heavy atom. The number of carbonyl (C=O) groups excluding carboxylic acids is 1. The van der Waals surface area contributed by atoms with Crippen LogP contribution in [0.1, 0.15) is 51.8 Å². The first kappa shape index (κ1) is 18.3. The van der Waals surface area contributed by atoms with Crippen LogP contribution >= 0.6 is 0 Å². The molecule has 0 bridgehead atoms. The van der Waals surface area contributed by atoms with Gasteiger partial charge in [-0.3, -0.25) is 9.69 Å². The predicted octanol–water partition coefficient (Wildman–Crippen LogP) is 1.07. The third-order valence-electron chi connectivity index (χ3n) is 4.96. The van der Waals surface area contributed by atoms with Gasteiger partial charge in [0.05, 0.1) is 18.8 Å². The average molecular weight is 350 g/mol. The van der Waals surface area contributed by atoms with Crippen LogP contribution in [-0.4, -0.2) is 74.3 Å². The fraction of sp³-hybridized carbons (Fsp3) is 0.882. The largest absolute Gasteiger partial charge is 0.373 e. The molecule has 140 valence electrons. The van der Waals surface area contributed by atoms with Crippen LogP contribution in [0.5, 0.6) is 0 Å². The Morgan fingerprint density at radius 1 is 1.08 bits per heavy atom. The third kappa shape index (κ3) is 5.22. The van der Waals surface area contributed by atoms with Crippen molar-refractivity contribution in [2.45, 2.75) is 71.2 Å². The molecule has 0 spiro atoms. The number of aromatic nitrogens is 4. The number of morpholine rings is 1. The lowest BCUT2D eigenvalue weighted by molar-refractivity contribution is -0.132. The molecule has 0 unspecified atom stereocenters. The highest BCUT2D eigenvalue weighted by molar-refractivity contribution is 5.75. The van der Waals surface area contributed by atoms with E-state index in [-0.39, 0.29) is 24.7 Å². The fourth-order valence-electron chi connectivity index (χ4n) is 3.80. The summed E-state index contributed by atoms with van der Waals surface area (Å²) in [5.74, 6) is 0.876. The zero-order chi connectivity index (χ0) is 17.6. The summed E-state index contributed by atoms with van der Waals surface area (Å²) in [6.45, 7) is 8.47. The lowest BCUT2D eigenvalue weighted by Gasteiger charge is -2.34. The van der Waals surface area contributed by atoms with Crippen molar-refractivity contribution in [2.24, 2.45) is 0 Å². The van der Waals surface area contributed by atoms with Gasteiger partial charge in [-0.15, -0.1) is 5.10 Å². The van der Waals surface area contributed by atoms with Crippen molar-refractivity contribution < 1.29 is 9.53 Å². The molecule has 2 saturated heterocycles. The highest BCUT2D eigenvalue weighted by Gasteiger charge is 2.24. The minimum Gasteiger partial charge on any atom is -0.373 e. The first-order chi connectivity index (χ1) is 12.1. The summed E-state index contributed by atoms with van der Waals surface area (Å²) in [5, 5.41) is 12.0. The quantitative estimate of drug-likeness (QED) is 0.809. The van der Waals surface area contributed by atoms with Crippen LogP contribution in [0, 0.1) is 0 Å². The van der Waals surface area contributed by atoms with Crippen LogP contribution in [0.2, 0.25) is 0 Å². The number of hydrogen-bond acceptors (Lipinski definition) is 6. The van der Waals surface area contributed by atoms with Gasteiger partial charge in [0, 0.05) is 26.2 Å². The second kappa shape index (κ2) is 8.71. The molecule has 3 heterocycles. The van der Waals surface area contributed by atoms with E-state index in [0.29, 0.717) is 6.54 Å². The Bertz CT molecular complexity index is 545. The zero-order valence-electron chi connectivity index (χ0n) is 15.4. The minimum absolute atomic E-state index is 0.124. The molecule has 1 amide bonds. The zero-order valence-corrected chi connectivity index (χ0v) is 15.4. The molecular weight excluding hydrogens is 320 g/mol. The average Bonchev–Trinajstić information content (AvgIpc) is 2.92. The molecule has 8 nitrogen and oxygen atoms in total. The van der Waals surface area contributed by atoms with Crippen LogP contribution in [0.25, 0.3) is 0 Å². The first-order valence-corrected chi connectivity index (χ1v) is 9.52. The van der Waals surface area contributed by atoms with Gasteiger partial charge in [-0.1, -0.05) is 19.3 Å². The number of likely N-dealkylation sites (tertiary alicyclic amines) is 1. The molecule has 2 aliphatic rings. The van der Waals surface area contributed by atoms with Crippen LogP contribution in [-0.2, 0) is 22.6 Å². The number of hydrogen-bond donors (Lipinski definition) is 0. The maximum atomic E-state index is 12.7. The van der Waals surface area contributed by atoms with Gasteiger partial charge < -0.3 is 9.64 Å². The number of rotatable bonds is 4. The molecule has 0 aromatic carbocycles. The summed E-state index contributed by atoms with van der Waals surface area (Å²) in [7, 11) is 0. The van der Waals surface area contributed by atoms with E-state index in [4.69, 9.17) is 4.74 Å². The Hall–Kier alpha value is -1.54. The molecule has 0 aliphatic carbocycles. The van der Waals surface area contributed by atoms with Crippen molar-refractivity contribution in [3.05, 3.63) is 5.82 Å². The first-order valence-electron chi connectivity index (χ1n) is 9.52. The van der Waals surface area contributed by atoms with Gasteiger partial charge in [-0.2, -0.15) is 0 Å². The lowest BCUT2D eigenvalue weighted by Crippen LogP contribution is -2.45. The van der Waals surface area contributed by atoms with E-state index in [2.05, 4.69) is 34.3 Å². The maximum Gasteiger partial charge on any atom is 0.244 e. The summed E-state index contributed by atoms with van der Waals surface area (Å²) in [5.41, 5.74) is 0. The predicted molar refractivity (Wildman–Crippen MR) is 92.8 cm³/mol. The van der Waals surface area contributed by atoms with Gasteiger partial charge in [-0.25, -0.2) is 4.68 Å². The molecule has 0 radical (unpaired) electrons. The molecule has 2 atom stereocenters. The van der Waals surface area contributed by atoms with Crippen molar-refractivity contribution >= 4 is 5.91 Å². The normalized spacial score (nSPS) is 26.2. The van der Waals surface area contributed by atoms with Crippen molar-refractivity contribution in [1.82, 2.24) is 30.0 Å². The van der Waals surface area contributed by atoms with Crippen LogP contribution < -0.4 is 0 Å². The van der Waals surface area contributed by atoms with Gasteiger partial charge in [0.15, 0.2) is 5.82 Å². The number of tetrazole rings is 1. The molecule has 1 aromatic heterocycles. The molecule has 2 fully saturated rings. The Balaban J connectivity index is 1.58. The monoisotopic (exact) mass is 350 g/mol. The van der Waals surface area contributed by atoms with Gasteiger partial charge in [-0.05, 0) is 37.1 Å². The number of ether oxygens (including phenoxy) is 1. The Kier molecular flexibility index (Phi) is 6.36. The van der Waals surface area contributed by atoms with E-state index >= 15 is 0 Å². The second-order valence-electron chi connectivity index (χ2n) is 7.35. The van der Waals surface area contributed by atoms with E-state index in [1.165, 1.54) is 19.3 Å². The molecular formula is C17H30N6O2. The highest BCUT2D eigenvalue weighted by Crippen LogP contribution is 2.14. The summed E-state index contributed by atoms with van der Waals surface area (Å²) in [6, 6.07) is 0. The van der Waals surface area contributed by atoms with E-state index < -0.39 is 0 Å². The number of carbonyl (C=O) groups is 1. The topological polar surface area (TPSA) is 76.4 Å². The van der Waals surface area contributed by atoms with Crippen molar-refractivity contribution in [2.75, 3.05) is 26.2 Å². The third-order valence-corrected chi connectivity index (χ3v) is 4.96. The van der Waals surface area contributed by atoms with E-state index in [9.17, 15) is 4.79 Å². The van der Waals surface area contributed by atoms with E-state index in [0.717, 1.165) is 44.8 Å². The standard InChI is InChI=1S/C17H30N6O2/c1-14-10-21(11-15(2)25-14)12-16-18-19-20-23(16)13-17(24)22-8-6-4-3-5-7-9-22/h14-15H,3-13H2,1-2H3/t14-,15+. The summed E-state index contributed by atoms with van der Waals surface area (Å²) in [4.78, 5) is 16.9. The molecule has 0 saturated carbocycles. The molecule has 0 N–H and O–H groups in total. The Labute approximate surface area is 149 Å². The molecule has 2 aliphatic heterocycles. The summed E-state index contributed by atoms with van der Waals surface area (Å²) in [6.07, 6.45) is 6.32. The second-order valence-corrected chi connectivity index (χ2v) is 7.35. The van der Waals surface area contributed by atoms with Crippen molar-refractivity contribution in [3.8, 4) is 0 Å². The highest BCUT2D eigenvalue weighted by atomic mass is 16.5. The number of amides is 1. The Morgan fingerprint density at radius 2 is 1.72 bits per heavy atom. The van der Waals surface area contributed by atoms with Crippen LogP contribution in [0.3, 0.4) is 0 Å². The van der Waals surface area contributed by atoms with E-state index in [1.807, 2.05) is 4.90 Å². The van der Waals surface area contributed by atoms with E-state index in [1.54, 1.807) is 4.68 Å². The smallest absolute Gasteiger partial charge is 0.244 e. The molecule has 3 rings (SSSR count). The SMILES string of the molecule is C[C@@H]1CN(Cc2nnnn2CC(=O)N2CCCCCCC2)C[C@H](C)O1. The van der Waals surface area contributed by atoms with Gasteiger partial charge >= 0.3 is 0 Å². The maximum absolute atomic E-state index is 12.7. The van der Waals surface area contributed by atoms with Gasteiger partial charge in [0.1, 0.15) is 6.54 Å². The fourth-order valence-corrected chi connectivity index (χ4v) is 3.80. The summed E-state index contributed by atoms with van der Waals surface area (Å²) < 4.78 is 7.43. The minimum atomic E-state index is 0.124. The van der Waals surface area contributed by atoms with Crippen molar-refractivity contribution in [3.63, 3.8) is 0 Å². The molecule has 8 heteroatoms. The van der Waals surface area contributed by atoms with Gasteiger partial charge in [0.25, 0.3) is 0 Å². The van der Waals surface area contributed by atoms with Crippen LogP contribution in [0.15, 0.2) is 0 Å². The summed E-state index contributed by atoms with van der Waals surface area (Å²) >= 11 is 0. The van der Waals surface area contributed by atoms with Crippen molar-refractivity contribution in [1.29, 1.82) is 0 Å². The van der Waals surface area contributed by atoms with Crippen LogP contribution in [0.4, 0.5) is 0 Å².